The van der Waals surface area contributed by atoms with E-state index in [4.69, 9.17) is 9.47 Å². The van der Waals surface area contributed by atoms with Gasteiger partial charge in [0.1, 0.15) is 0 Å². The zero-order valence-corrected chi connectivity index (χ0v) is 21.2. The highest BCUT2D eigenvalue weighted by atomic mass is 16.5. The number of hydrogen-bond donors (Lipinski definition) is 0. The van der Waals surface area contributed by atoms with E-state index in [9.17, 15) is 9.59 Å². The molecule has 1 unspecified atom stereocenters. The van der Waals surface area contributed by atoms with E-state index in [1.165, 1.54) is 51.4 Å². The van der Waals surface area contributed by atoms with Crippen LogP contribution >= 0.6 is 0 Å². The zero-order valence-electron chi connectivity index (χ0n) is 21.2. The molecule has 0 aromatic rings. The quantitative estimate of drug-likeness (QED) is 0.126. The maximum atomic E-state index is 12.0. The van der Waals surface area contributed by atoms with Crippen molar-refractivity contribution in [2.45, 2.75) is 137 Å². The summed E-state index contributed by atoms with van der Waals surface area (Å²) in [4.78, 5) is 23.5. The Morgan fingerprint density at radius 3 is 1.55 bits per heavy atom. The Labute approximate surface area is 193 Å². The van der Waals surface area contributed by atoms with E-state index in [0.717, 1.165) is 44.9 Å². The third kappa shape index (κ3) is 20.6. The van der Waals surface area contributed by atoms with Gasteiger partial charge in [-0.15, -0.1) is 0 Å². The third-order valence-corrected chi connectivity index (χ3v) is 6.10. The average molecular weight is 441 g/mol. The summed E-state index contributed by atoms with van der Waals surface area (Å²) in [5, 5.41) is 0. The zero-order chi connectivity index (χ0) is 23.2. The van der Waals surface area contributed by atoms with Gasteiger partial charge in [-0.2, -0.15) is 0 Å². The van der Waals surface area contributed by atoms with Gasteiger partial charge < -0.3 is 9.47 Å². The standard InChI is InChI=1S/C27H52O4/c1-5-7-21-30-26(28)20-18-16-14-12-10-9-11-13-15-17-19-25(24(3)4)23-27(29)31-22-8-6-2/h24-25H,5-23H2,1-4H3. The van der Waals surface area contributed by atoms with Gasteiger partial charge in [0, 0.05) is 12.8 Å². The van der Waals surface area contributed by atoms with Crippen LogP contribution in [0.15, 0.2) is 0 Å². The number of rotatable bonds is 22. The first-order valence-corrected chi connectivity index (χ1v) is 13.3. The predicted octanol–water partition coefficient (Wildman–Crippen LogP) is 8.02. The Balaban J connectivity index is 3.52. The van der Waals surface area contributed by atoms with Crippen LogP contribution in [0, 0.1) is 11.8 Å². The van der Waals surface area contributed by atoms with Crippen molar-refractivity contribution < 1.29 is 19.1 Å². The molecule has 0 amide bonds. The summed E-state index contributed by atoms with van der Waals surface area (Å²) in [5.74, 6) is 0.956. The van der Waals surface area contributed by atoms with Crippen molar-refractivity contribution >= 4 is 11.9 Å². The molecular weight excluding hydrogens is 388 g/mol. The molecule has 0 saturated carbocycles. The van der Waals surface area contributed by atoms with Crippen molar-refractivity contribution in [1.29, 1.82) is 0 Å². The molecule has 0 N–H and O–H groups in total. The topological polar surface area (TPSA) is 52.6 Å². The minimum atomic E-state index is -0.0264. The molecule has 0 aliphatic heterocycles. The van der Waals surface area contributed by atoms with Gasteiger partial charge >= 0.3 is 11.9 Å². The van der Waals surface area contributed by atoms with Crippen LogP contribution in [0.1, 0.15) is 137 Å². The highest BCUT2D eigenvalue weighted by Gasteiger charge is 2.18. The van der Waals surface area contributed by atoms with Gasteiger partial charge in [0.05, 0.1) is 13.2 Å². The van der Waals surface area contributed by atoms with Crippen LogP contribution in [0.2, 0.25) is 0 Å². The number of ether oxygens (including phenoxy) is 2. The van der Waals surface area contributed by atoms with Gasteiger partial charge in [-0.25, -0.2) is 0 Å². The molecular formula is C27H52O4. The molecule has 4 nitrogen and oxygen atoms in total. The second-order valence-electron chi connectivity index (χ2n) is 9.43. The SMILES string of the molecule is CCCCOC(=O)CCCCCCCCCCCCC(CC(=O)OCCCC)C(C)C. The molecule has 0 aliphatic rings. The van der Waals surface area contributed by atoms with Crippen molar-refractivity contribution in [3.63, 3.8) is 0 Å². The molecule has 4 heteroatoms. The Morgan fingerprint density at radius 1 is 0.613 bits per heavy atom. The average Bonchev–Trinajstić information content (AvgIpc) is 2.73. The first kappa shape index (κ1) is 29.9. The lowest BCUT2D eigenvalue weighted by molar-refractivity contribution is -0.145. The van der Waals surface area contributed by atoms with Gasteiger partial charge in [0.2, 0.25) is 0 Å². The summed E-state index contributed by atoms with van der Waals surface area (Å²) in [6, 6.07) is 0. The van der Waals surface area contributed by atoms with Crippen LogP contribution in [0.25, 0.3) is 0 Å². The molecule has 1 atom stereocenters. The maximum absolute atomic E-state index is 12.0. The van der Waals surface area contributed by atoms with Crippen LogP contribution in [-0.4, -0.2) is 25.2 Å². The van der Waals surface area contributed by atoms with Crippen molar-refractivity contribution in [2.24, 2.45) is 11.8 Å². The molecule has 0 aliphatic carbocycles. The van der Waals surface area contributed by atoms with E-state index in [2.05, 4.69) is 27.7 Å². The lowest BCUT2D eigenvalue weighted by atomic mass is 9.87. The van der Waals surface area contributed by atoms with Crippen LogP contribution in [0.3, 0.4) is 0 Å². The lowest BCUT2D eigenvalue weighted by Gasteiger charge is -2.20. The summed E-state index contributed by atoms with van der Waals surface area (Å²) in [6.07, 6.45) is 18.7. The fourth-order valence-electron chi connectivity index (χ4n) is 3.77. The number of hydrogen-bond acceptors (Lipinski definition) is 4. The predicted molar refractivity (Wildman–Crippen MR) is 130 cm³/mol. The Hall–Kier alpha value is -1.06. The van der Waals surface area contributed by atoms with Gasteiger partial charge in [0.15, 0.2) is 0 Å². The fraction of sp³-hybridized carbons (Fsp3) is 0.926. The van der Waals surface area contributed by atoms with E-state index >= 15 is 0 Å². The Morgan fingerprint density at radius 2 is 1.06 bits per heavy atom. The highest BCUT2D eigenvalue weighted by Crippen LogP contribution is 2.23. The third-order valence-electron chi connectivity index (χ3n) is 6.10. The maximum Gasteiger partial charge on any atom is 0.306 e. The normalized spacial score (nSPS) is 12.2. The molecule has 0 rings (SSSR count). The Bertz CT molecular complexity index is 419. The lowest BCUT2D eigenvalue weighted by Crippen LogP contribution is -2.16. The Kier molecular flexibility index (Phi) is 21.4. The van der Waals surface area contributed by atoms with Crippen molar-refractivity contribution in [3.05, 3.63) is 0 Å². The highest BCUT2D eigenvalue weighted by molar-refractivity contribution is 5.69. The van der Waals surface area contributed by atoms with Gasteiger partial charge in [-0.3, -0.25) is 9.59 Å². The van der Waals surface area contributed by atoms with Crippen molar-refractivity contribution in [2.75, 3.05) is 13.2 Å². The summed E-state index contributed by atoms with van der Waals surface area (Å²) < 4.78 is 10.5. The first-order valence-electron chi connectivity index (χ1n) is 13.3. The molecule has 31 heavy (non-hydrogen) atoms. The minimum Gasteiger partial charge on any atom is -0.466 e. The molecule has 0 spiro atoms. The molecule has 0 saturated heterocycles. The van der Waals surface area contributed by atoms with E-state index in [0.29, 0.717) is 37.9 Å². The van der Waals surface area contributed by atoms with Crippen LogP contribution in [-0.2, 0) is 19.1 Å². The number of carbonyl (C=O) groups excluding carboxylic acids is 2. The van der Waals surface area contributed by atoms with Crippen LogP contribution < -0.4 is 0 Å². The van der Waals surface area contributed by atoms with Gasteiger partial charge in [-0.1, -0.05) is 98.3 Å². The molecule has 0 heterocycles. The van der Waals surface area contributed by atoms with E-state index in [1.54, 1.807) is 0 Å². The first-order chi connectivity index (χ1) is 15.0. The molecule has 0 aromatic heterocycles. The second-order valence-corrected chi connectivity index (χ2v) is 9.43. The summed E-state index contributed by atoms with van der Waals surface area (Å²) in [7, 11) is 0. The van der Waals surface area contributed by atoms with E-state index in [1.807, 2.05) is 0 Å². The second kappa shape index (κ2) is 22.1. The molecule has 184 valence electrons. The summed E-state index contributed by atoms with van der Waals surface area (Å²) in [5.41, 5.74) is 0. The summed E-state index contributed by atoms with van der Waals surface area (Å²) in [6.45, 7) is 9.82. The number of esters is 2. The number of carbonyl (C=O) groups is 2. The van der Waals surface area contributed by atoms with Gasteiger partial charge in [-0.05, 0) is 37.5 Å². The van der Waals surface area contributed by atoms with Crippen LogP contribution in [0.4, 0.5) is 0 Å². The van der Waals surface area contributed by atoms with Gasteiger partial charge in [0.25, 0.3) is 0 Å². The molecule has 0 aromatic carbocycles. The molecule has 0 radical (unpaired) electrons. The monoisotopic (exact) mass is 440 g/mol. The largest absolute Gasteiger partial charge is 0.466 e. The molecule has 0 bridgehead atoms. The van der Waals surface area contributed by atoms with Crippen molar-refractivity contribution in [1.82, 2.24) is 0 Å². The van der Waals surface area contributed by atoms with E-state index in [-0.39, 0.29) is 11.9 Å². The molecule has 0 fully saturated rings. The van der Waals surface area contributed by atoms with E-state index < -0.39 is 0 Å². The number of unbranched alkanes of at least 4 members (excludes halogenated alkanes) is 11. The van der Waals surface area contributed by atoms with Crippen molar-refractivity contribution in [3.8, 4) is 0 Å². The smallest absolute Gasteiger partial charge is 0.306 e. The fourth-order valence-corrected chi connectivity index (χ4v) is 3.77. The minimum absolute atomic E-state index is 0.0134. The van der Waals surface area contributed by atoms with Crippen LogP contribution in [0.5, 0.6) is 0 Å². The summed E-state index contributed by atoms with van der Waals surface area (Å²) >= 11 is 0.